The van der Waals surface area contributed by atoms with Gasteiger partial charge < -0.3 is 10.6 Å². The van der Waals surface area contributed by atoms with Gasteiger partial charge in [-0.05, 0) is 13.0 Å². The maximum absolute atomic E-state index is 5.85. The van der Waals surface area contributed by atoms with Crippen LogP contribution in [0.3, 0.4) is 0 Å². The average molecular weight is 190 g/mol. The number of nitrogens with two attached hydrogens (primary N) is 1. The van der Waals surface area contributed by atoms with Crippen LogP contribution in [0.15, 0.2) is 18.3 Å². The fourth-order valence-electron chi connectivity index (χ4n) is 1.45. The molecule has 2 heterocycles. The highest BCUT2D eigenvalue weighted by molar-refractivity contribution is 5.60. The number of nitrogen functional groups attached to an aromatic ring is 1. The summed E-state index contributed by atoms with van der Waals surface area (Å²) in [5.41, 5.74) is 8.75. The van der Waals surface area contributed by atoms with Gasteiger partial charge >= 0.3 is 0 Å². The molecule has 2 aromatic heterocycles. The van der Waals surface area contributed by atoms with E-state index in [4.69, 9.17) is 5.73 Å². The van der Waals surface area contributed by atoms with Crippen LogP contribution in [0.4, 0.5) is 11.5 Å². The number of aryl methyl sites for hydroxylation is 1. The number of aromatic nitrogens is 2. The quantitative estimate of drug-likeness (QED) is 0.737. The zero-order valence-corrected chi connectivity index (χ0v) is 8.65. The van der Waals surface area contributed by atoms with Gasteiger partial charge in [0.25, 0.3) is 0 Å². The number of imidazole rings is 1. The Morgan fingerprint density at radius 2 is 2.14 bits per heavy atom. The Morgan fingerprint density at radius 1 is 1.43 bits per heavy atom. The molecule has 74 valence electrons. The second-order valence-electron chi connectivity index (χ2n) is 3.59. The molecule has 0 spiro atoms. The van der Waals surface area contributed by atoms with E-state index in [1.807, 2.05) is 48.6 Å². The minimum atomic E-state index is 0.713. The van der Waals surface area contributed by atoms with Gasteiger partial charge in [-0.3, -0.25) is 4.40 Å². The summed E-state index contributed by atoms with van der Waals surface area (Å²) >= 11 is 0. The average Bonchev–Trinajstić information content (AvgIpc) is 2.42. The normalized spacial score (nSPS) is 10.8. The standard InChI is InChI=1S/C10H14N4/c1-7-10(11)14-5-4-8(13(2)3)6-9(14)12-7/h4-6H,11H2,1-3H3. The Morgan fingerprint density at radius 3 is 2.79 bits per heavy atom. The Labute approximate surface area is 83.0 Å². The molecule has 14 heavy (non-hydrogen) atoms. The first-order chi connectivity index (χ1) is 6.59. The van der Waals surface area contributed by atoms with E-state index in [1.54, 1.807) is 0 Å². The summed E-state index contributed by atoms with van der Waals surface area (Å²) in [6.07, 6.45) is 1.94. The van der Waals surface area contributed by atoms with Crippen molar-refractivity contribution in [3.8, 4) is 0 Å². The van der Waals surface area contributed by atoms with Crippen LogP contribution in [0.5, 0.6) is 0 Å². The van der Waals surface area contributed by atoms with E-state index >= 15 is 0 Å². The molecule has 0 radical (unpaired) electrons. The fraction of sp³-hybridized carbons (Fsp3) is 0.300. The lowest BCUT2D eigenvalue weighted by Gasteiger charge is -2.11. The lowest BCUT2D eigenvalue weighted by molar-refractivity contribution is 1.11. The van der Waals surface area contributed by atoms with E-state index in [0.717, 1.165) is 17.0 Å². The van der Waals surface area contributed by atoms with Crippen molar-refractivity contribution in [3.05, 3.63) is 24.0 Å². The van der Waals surface area contributed by atoms with Crippen LogP contribution in [-0.2, 0) is 0 Å². The van der Waals surface area contributed by atoms with Gasteiger partial charge in [0.05, 0.1) is 5.69 Å². The van der Waals surface area contributed by atoms with Crippen molar-refractivity contribution in [2.75, 3.05) is 24.7 Å². The first-order valence-corrected chi connectivity index (χ1v) is 4.51. The summed E-state index contributed by atoms with van der Waals surface area (Å²) in [6.45, 7) is 1.91. The van der Waals surface area contributed by atoms with Crippen molar-refractivity contribution in [2.24, 2.45) is 0 Å². The summed E-state index contributed by atoms with van der Waals surface area (Å²) in [5, 5.41) is 0. The summed E-state index contributed by atoms with van der Waals surface area (Å²) in [6, 6.07) is 4.04. The summed E-state index contributed by atoms with van der Waals surface area (Å²) in [5.74, 6) is 0.713. The maximum Gasteiger partial charge on any atom is 0.140 e. The zero-order chi connectivity index (χ0) is 10.3. The third kappa shape index (κ3) is 1.19. The molecule has 0 aromatic carbocycles. The molecule has 2 rings (SSSR count). The highest BCUT2D eigenvalue weighted by Gasteiger charge is 2.05. The number of hydrogen-bond donors (Lipinski definition) is 1. The molecular formula is C10H14N4. The van der Waals surface area contributed by atoms with Crippen LogP contribution in [0.1, 0.15) is 5.69 Å². The highest BCUT2D eigenvalue weighted by atomic mass is 15.1. The smallest absolute Gasteiger partial charge is 0.140 e. The van der Waals surface area contributed by atoms with Gasteiger partial charge in [-0.15, -0.1) is 0 Å². The monoisotopic (exact) mass is 190 g/mol. The number of fused-ring (bicyclic) bond motifs is 1. The Kier molecular flexibility index (Phi) is 1.84. The molecule has 4 nitrogen and oxygen atoms in total. The topological polar surface area (TPSA) is 46.6 Å². The third-order valence-corrected chi connectivity index (χ3v) is 2.35. The van der Waals surface area contributed by atoms with Crippen molar-refractivity contribution in [2.45, 2.75) is 6.92 Å². The number of anilines is 2. The van der Waals surface area contributed by atoms with Crippen molar-refractivity contribution >= 4 is 17.2 Å². The van der Waals surface area contributed by atoms with Gasteiger partial charge in [-0.2, -0.15) is 0 Å². The first kappa shape index (κ1) is 8.87. The number of rotatable bonds is 1. The molecule has 0 amide bonds. The van der Waals surface area contributed by atoms with Crippen molar-refractivity contribution in [1.29, 1.82) is 0 Å². The molecule has 0 aliphatic carbocycles. The van der Waals surface area contributed by atoms with Crippen LogP contribution >= 0.6 is 0 Å². The van der Waals surface area contributed by atoms with Crippen molar-refractivity contribution < 1.29 is 0 Å². The van der Waals surface area contributed by atoms with Gasteiger partial charge in [-0.25, -0.2) is 4.98 Å². The van der Waals surface area contributed by atoms with Crippen LogP contribution in [0.2, 0.25) is 0 Å². The Balaban J connectivity index is 2.67. The number of nitrogens with zero attached hydrogens (tertiary/aromatic N) is 3. The van der Waals surface area contributed by atoms with Gasteiger partial charge in [-0.1, -0.05) is 0 Å². The van der Waals surface area contributed by atoms with E-state index in [1.165, 1.54) is 0 Å². The van der Waals surface area contributed by atoms with E-state index in [0.29, 0.717) is 5.82 Å². The predicted octanol–water partition coefficient (Wildman–Crippen LogP) is 1.29. The van der Waals surface area contributed by atoms with Crippen LogP contribution in [0, 0.1) is 6.92 Å². The number of hydrogen-bond acceptors (Lipinski definition) is 3. The Bertz CT molecular complexity index is 470. The number of pyridine rings is 1. The molecule has 0 aliphatic heterocycles. The molecule has 0 unspecified atom stereocenters. The lowest BCUT2D eigenvalue weighted by Crippen LogP contribution is -2.08. The second kappa shape index (κ2) is 2.90. The largest absolute Gasteiger partial charge is 0.383 e. The van der Waals surface area contributed by atoms with Gasteiger partial charge in [0, 0.05) is 32.0 Å². The fourth-order valence-corrected chi connectivity index (χ4v) is 1.45. The minimum Gasteiger partial charge on any atom is -0.383 e. The minimum absolute atomic E-state index is 0.713. The van der Waals surface area contributed by atoms with Crippen LogP contribution in [0.25, 0.3) is 5.65 Å². The van der Waals surface area contributed by atoms with Crippen LogP contribution in [-0.4, -0.2) is 23.5 Å². The summed E-state index contributed by atoms with van der Waals surface area (Å²) in [7, 11) is 4.01. The Hall–Kier alpha value is -1.71. The zero-order valence-electron chi connectivity index (χ0n) is 8.65. The third-order valence-electron chi connectivity index (χ3n) is 2.35. The van der Waals surface area contributed by atoms with Crippen molar-refractivity contribution in [3.63, 3.8) is 0 Å². The molecule has 4 heteroatoms. The van der Waals surface area contributed by atoms with Gasteiger partial charge in [0.15, 0.2) is 0 Å². The van der Waals surface area contributed by atoms with Crippen molar-refractivity contribution in [1.82, 2.24) is 9.38 Å². The molecule has 0 atom stereocenters. The maximum atomic E-state index is 5.85. The molecular weight excluding hydrogens is 176 g/mol. The molecule has 0 saturated carbocycles. The van der Waals surface area contributed by atoms with E-state index in [-0.39, 0.29) is 0 Å². The summed E-state index contributed by atoms with van der Waals surface area (Å²) in [4.78, 5) is 6.41. The van der Waals surface area contributed by atoms with E-state index in [2.05, 4.69) is 4.98 Å². The molecule has 0 saturated heterocycles. The SMILES string of the molecule is Cc1nc2cc(N(C)C)ccn2c1N. The van der Waals surface area contributed by atoms with Gasteiger partial charge in [0.1, 0.15) is 11.5 Å². The van der Waals surface area contributed by atoms with E-state index < -0.39 is 0 Å². The lowest BCUT2D eigenvalue weighted by atomic mass is 10.4. The molecule has 2 aromatic rings. The first-order valence-electron chi connectivity index (χ1n) is 4.51. The molecule has 0 aliphatic rings. The van der Waals surface area contributed by atoms with Gasteiger partial charge in [0.2, 0.25) is 0 Å². The van der Waals surface area contributed by atoms with Crippen LogP contribution < -0.4 is 10.6 Å². The molecule has 0 bridgehead atoms. The molecule has 2 N–H and O–H groups in total. The molecule has 0 fully saturated rings. The highest BCUT2D eigenvalue weighted by Crippen LogP contribution is 2.18. The second-order valence-corrected chi connectivity index (χ2v) is 3.59. The predicted molar refractivity (Wildman–Crippen MR) is 58.7 cm³/mol. The van der Waals surface area contributed by atoms with E-state index in [9.17, 15) is 0 Å². The summed E-state index contributed by atoms with van der Waals surface area (Å²) < 4.78 is 1.89.